The first-order chi connectivity index (χ1) is 8.50. The van der Waals surface area contributed by atoms with Crippen LogP contribution in [0.1, 0.15) is 25.7 Å². The zero-order valence-corrected chi connectivity index (χ0v) is 9.91. The molecule has 0 saturated heterocycles. The number of hydrogen-bond acceptors (Lipinski definition) is 4. The molecule has 0 bridgehead atoms. The van der Waals surface area contributed by atoms with Crippen LogP contribution in [0.5, 0.6) is 0 Å². The Morgan fingerprint density at radius 1 is 1.22 bits per heavy atom. The predicted octanol–water partition coefficient (Wildman–Crippen LogP) is 0.0872. The van der Waals surface area contributed by atoms with Gasteiger partial charge in [0.05, 0.1) is 12.1 Å². The van der Waals surface area contributed by atoms with Gasteiger partial charge in [0.1, 0.15) is 0 Å². The van der Waals surface area contributed by atoms with Crippen LogP contribution in [-0.2, 0) is 14.4 Å². The van der Waals surface area contributed by atoms with E-state index in [0.717, 1.165) is 4.90 Å². The Balaban J connectivity index is 1.95. The van der Waals surface area contributed by atoms with Gasteiger partial charge in [-0.15, -0.1) is 0 Å². The second-order valence-corrected chi connectivity index (χ2v) is 4.82. The van der Waals surface area contributed by atoms with E-state index in [-0.39, 0.29) is 23.7 Å². The number of rotatable bonds is 3. The summed E-state index contributed by atoms with van der Waals surface area (Å²) < 4.78 is 0. The van der Waals surface area contributed by atoms with Crippen LogP contribution in [0.2, 0.25) is 0 Å². The lowest BCUT2D eigenvalue weighted by Crippen LogP contribution is -2.51. The average molecular weight is 252 g/mol. The van der Waals surface area contributed by atoms with E-state index in [4.69, 9.17) is 10.8 Å². The molecule has 1 aliphatic carbocycles. The van der Waals surface area contributed by atoms with Crippen LogP contribution in [0.4, 0.5) is 0 Å². The summed E-state index contributed by atoms with van der Waals surface area (Å²) in [4.78, 5) is 34.9. The summed E-state index contributed by atoms with van der Waals surface area (Å²) in [6, 6.07) is 0. The summed E-state index contributed by atoms with van der Waals surface area (Å²) in [6.45, 7) is 0. The van der Waals surface area contributed by atoms with Crippen molar-refractivity contribution in [2.45, 2.75) is 31.8 Å². The van der Waals surface area contributed by atoms with Gasteiger partial charge in [0.2, 0.25) is 0 Å². The fraction of sp³-hybridized carbons (Fsp3) is 0.583. The highest BCUT2D eigenvalue weighted by Gasteiger charge is 2.36. The SMILES string of the molecule is NC(C1CCC(C(=O)O)CC1)N1C(=O)C=CC1=O. The maximum atomic E-state index is 11.5. The molecule has 2 amide bonds. The molecule has 0 radical (unpaired) electrons. The zero-order valence-electron chi connectivity index (χ0n) is 9.91. The van der Waals surface area contributed by atoms with E-state index in [0.29, 0.717) is 25.7 Å². The molecular formula is C12H16N2O4. The van der Waals surface area contributed by atoms with Crippen molar-refractivity contribution in [1.29, 1.82) is 0 Å². The highest BCUT2D eigenvalue weighted by molar-refractivity contribution is 6.13. The normalized spacial score (nSPS) is 29.7. The topological polar surface area (TPSA) is 101 Å². The molecular weight excluding hydrogens is 236 g/mol. The largest absolute Gasteiger partial charge is 0.481 e. The third-order valence-corrected chi connectivity index (χ3v) is 3.75. The third-order valence-electron chi connectivity index (χ3n) is 3.75. The monoisotopic (exact) mass is 252 g/mol. The molecule has 1 heterocycles. The summed E-state index contributed by atoms with van der Waals surface area (Å²) in [5.41, 5.74) is 5.95. The van der Waals surface area contributed by atoms with Crippen molar-refractivity contribution in [1.82, 2.24) is 4.90 Å². The molecule has 3 N–H and O–H groups in total. The lowest BCUT2D eigenvalue weighted by atomic mass is 9.80. The van der Waals surface area contributed by atoms with Crippen molar-refractivity contribution in [2.24, 2.45) is 17.6 Å². The van der Waals surface area contributed by atoms with Gasteiger partial charge in [0, 0.05) is 12.2 Å². The molecule has 2 aliphatic rings. The Kier molecular flexibility index (Phi) is 3.47. The fourth-order valence-corrected chi connectivity index (χ4v) is 2.62. The Bertz CT molecular complexity index is 392. The van der Waals surface area contributed by atoms with E-state index >= 15 is 0 Å². The van der Waals surface area contributed by atoms with E-state index in [1.165, 1.54) is 12.2 Å². The Morgan fingerprint density at radius 3 is 2.17 bits per heavy atom. The Hall–Kier alpha value is -1.69. The molecule has 1 atom stereocenters. The molecule has 2 rings (SSSR count). The molecule has 0 aromatic heterocycles. The molecule has 0 spiro atoms. The number of hydrogen-bond donors (Lipinski definition) is 2. The molecule has 6 nitrogen and oxygen atoms in total. The van der Waals surface area contributed by atoms with E-state index < -0.39 is 12.1 Å². The number of carbonyl (C=O) groups is 3. The third kappa shape index (κ3) is 2.28. The Morgan fingerprint density at radius 2 is 1.72 bits per heavy atom. The van der Waals surface area contributed by atoms with Gasteiger partial charge in [0.25, 0.3) is 11.8 Å². The van der Waals surface area contributed by atoms with Gasteiger partial charge in [-0.3, -0.25) is 19.3 Å². The van der Waals surface area contributed by atoms with Crippen molar-refractivity contribution >= 4 is 17.8 Å². The quantitative estimate of drug-likeness (QED) is 0.693. The summed E-state index contributed by atoms with van der Waals surface area (Å²) in [6.07, 6.45) is 4.16. The second-order valence-electron chi connectivity index (χ2n) is 4.82. The molecule has 1 unspecified atom stereocenters. The standard InChI is InChI=1S/C12H16N2O4/c13-11(14-9(15)5-6-10(14)16)7-1-3-8(4-2-7)12(17)18/h5-8,11H,1-4,13H2,(H,17,18). The summed E-state index contributed by atoms with van der Waals surface area (Å²) in [7, 11) is 0. The number of imide groups is 1. The minimum atomic E-state index is -0.781. The van der Waals surface area contributed by atoms with E-state index in [9.17, 15) is 14.4 Å². The van der Waals surface area contributed by atoms with Gasteiger partial charge < -0.3 is 10.8 Å². The van der Waals surface area contributed by atoms with Crippen molar-refractivity contribution in [2.75, 3.05) is 0 Å². The second kappa shape index (κ2) is 4.89. The van der Waals surface area contributed by atoms with E-state index in [2.05, 4.69) is 0 Å². The number of carboxylic acids is 1. The van der Waals surface area contributed by atoms with Gasteiger partial charge in [-0.05, 0) is 31.6 Å². The number of carboxylic acid groups (broad SMARTS) is 1. The maximum absolute atomic E-state index is 11.5. The van der Waals surface area contributed by atoms with Crippen LogP contribution in [0.3, 0.4) is 0 Å². The maximum Gasteiger partial charge on any atom is 0.306 e. The highest BCUT2D eigenvalue weighted by Crippen LogP contribution is 2.32. The average Bonchev–Trinajstić information content (AvgIpc) is 2.68. The first kappa shape index (κ1) is 12.8. The van der Waals surface area contributed by atoms with Crippen molar-refractivity contribution in [3.05, 3.63) is 12.2 Å². The van der Waals surface area contributed by atoms with Crippen LogP contribution < -0.4 is 5.73 Å². The molecule has 98 valence electrons. The minimum absolute atomic E-state index is 0.00611. The van der Waals surface area contributed by atoms with Crippen LogP contribution in [0.25, 0.3) is 0 Å². The number of amides is 2. The van der Waals surface area contributed by atoms with Crippen molar-refractivity contribution < 1.29 is 19.5 Å². The smallest absolute Gasteiger partial charge is 0.306 e. The fourth-order valence-electron chi connectivity index (χ4n) is 2.62. The van der Waals surface area contributed by atoms with Gasteiger partial charge in [-0.1, -0.05) is 0 Å². The highest BCUT2D eigenvalue weighted by atomic mass is 16.4. The number of aliphatic carboxylic acids is 1. The predicted molar refractivity (Wildman–Crippen MR) is 62.1 cm³/mol. The number of nitrogens with zero attached hydrogens (tertiary/aromatic N) is 1. The van der Waals surface area contributed by atoms with Crippen LogP contribution in [-0.4, -0.2) is 34.0 Å². The summed E-state index contributed by atoms with van der Waals surface area (Å²) in [5.74, 6) is -1.87. The summed E-state index contributed by atoms with van der Waals surface area (Å²) >= 11 is 0. The Labute approximate surface area is 104 Å². The minimum Gasteiger partial charge on any atom is -0.481 e. The molecule has 1 saturated carbocycles. The molecule has 18 heavy (non-hydrogen) atoms. The molecule has 0 aromatic rings. The van der Waals surface area contributed by atoms with E-state index in [1.54, 1.807) is 0 Å². The number of nitrogens with two attached hydrogens (primary N) is 1. The summed E-state index contributed by atoms with van der Waals surface area (Å²) in [5, 5.41) is 8.90. The molecule has 1 fully saturated rings. The lowest BCUT2D eigenvalue weighted by Gasteiger charge is -2.34. The van der Waals surface area contributed by atoms with Crippen LogP contribution >= 0.6 is 0 Å². The van der Waals surface area contributed by atoms with Crippen molar-refractivity contribution in [3.63, 3.8) is 0 Å². The van der Waals surface area contributed by atoms with Crippen LogP contribution in [0.15, 0.2) is 12.2 Å². The molecule has 6 heteroatoms. The molecule has 1 aliphatic heterocycles. The van der Waals surface area contributed by atoms with Gasteiger partial charge in [0.15, 0.2) is 0 Å². The molecule has 0 aromatic carbocycles. The first-order valence-electron chi connectivity index (χ1n) is 6.04. The van der Waals surface area contributed by atoms with Crippen molar-refractivity contribution in [3.8, 4) is 0 Å². The van der Waals surface area contributed by atoms with Gasteiger partial charge in [-0.25, -0.2) is 0 Å². The van der Waals surface area contributed by atoms with Gasteiger partial charge in [-0.2, -0.15) is 0 Å². The zero-order chi connectivity index (χ0) is 13.3. The van der Waals surface area contributed by atoms with Gasteiger partial charge >= 0.3 is 5.97 Å². The lowest BCUT2D eigenvalue weighted by molar-refractivity contribution is -0.145. The first-order valence-corrected chi connectivity index (χ1v) is 6.04. The van der Waals surface area contributed by atoms with E-state index in [1.807, 2.05) is 0 Å². The van der Waals surface area contributed by atoms with Crippen LogP contribution in [0, 0.1) is 11.8 Å². The number of carbonyl (C=O) groups excluding carboxylic acids is 2.